The smallest absolute Gasteiger partial charge is 0.144 e. The molecule has 0 aliphatic heterocycles. The predicted octanol–water partition coefficient (Wildman–Crippen LogP) is 4.57. The molecule has 1 aromatic carbocycles. The standard InChI is InChI=1S/C13H17BrClF2N/c1-18(8-4-2-3-7-15)9-10-12(16)6-5-11(14)13(10)17/h5-6H,2-4,7-9H2,1H3. The molecule has 0 heterocycles. The molecule has 1 nitrogen and oxygen atoms in total. The summed E-state index contributed by atoms with van der Waals surface area (Å²) >= 11 is 8.66. The van der Waals surface area contributed by atoms with Crippen LogP contribution in [0.15, 0.2) is 16.6 Å². The van der Waals surface area contributed by atoms with Crippen molar-refractivity contribution in [3.63, 3.8) is 0 Å². The van der Waals surface area contributed by atoms with E-state index in [1.165, 1.54) is 12.1 Å². The van der Waals surface area contributed by atoms with Gasteiger partial charge in [-0.05, 0) is 54.5 Å². The highest BCUT2D eigenvalue weighted by molar-refractivity contribution is 9.10. The van der Waals surface area contributed by atoms with Gasteiger partial charge in [0.05, 0.1) is 4.47 Å². The molecule has 0 unspecified atom stereocenters. The van der Waals surface area contributed by atoms with Crippen molar-refractivity contribution in [3.8, 4) is 0 Å². The van der Waals surface area contributed by atoms with Crippen molar-refractivity contribution in [2.45, 2.75) is 25.8 Å². The van der Waals surface area contributed by atoms with E-state index in [1.807, 2.05) is 11.9 Å². The lowest BCUT2D eigenvalue weighted by Gasteiger charge is -2.17. The zero-order chi connectivity index (χ0) is 13.5. The molecule has 0 saturated carbocycles. The number of benzene rings is 1. The molecule has 0 bridgehead atoms. The van der Waals surface area contributed by atoms with Gasteiger partial charge in [0, 0.05) is 18.0 Å². The molecule has 0 spiro atoms. The molecule has 1 aromatic rings. The molecule has 0 radical (unpaired) electrons. The van der Waals surface area contributed by atoms with Crippen LogP contribution in [0.3, 0.4) is 0 Å². The Balaban J connectivity index is 2.54. The molecular weight excluding hydrogens is 324 g/mol. The van der Waals surface area contributed by atoms with E-state index >= 15 is 0 Å². The summed E-state index contributed by atoms with van der Waals surface area (Å²) in [4.78, 5) is 1.92. The second-order valence-corrected chi connectivity index (χ2v) is 5.54. The molecule has 18 heavy (non-hydrogen) atoms. The maximum Gasteiger partial charge on any atom is 0.144 e. The Morgan fingerprint density at radius 1 is 1.22 bits per heavy atom. The first-order valence-electron chi connectivity index (χ1n) is 5.93. The highest BCUT2D eigenvalue weighted by Gasteiger charge is 2.13. The first-order valence-corrected chi connectivity index (χ1v) is 7.26. The van der Waals surface area contributed by atoms with Gasteiger partial charge in [-0.15, -0.1) is 11.6 Å². The summed E-state index contributed by atoms with van der Waals surface area (Å²) in [5.74, 6) is -0.343. The maximum atomic E-state index is 13.7. The minimum atomic E-state index is -0.511. The molecule has 0 amide bonds. The first-order chi connectivity index (χ1) is 8.56. The third-order valence-electron chi connectivity index (χ3n) is 2.74. The third kappa shape index (κ3) is 4.82. The Morgan fingerprint density at radius 2 is 1.94 bits per heavy atom. The van der Waals surface area contributed by atoms with Gasteiger partial charge in [-0.3, -0.25) is 0 Å². The minimum absolute atomic E-state index is 0.115. The molecule has 0 atom stereocenters. The average Bonchev–Trinajstić information content (AvgIpc) is 2.35. The quantitative estimate of drug-likeness (QED) is 0.399. The van der Waals surface area contributed by atoms with E-state index in [2.05, 4.69) is 15.9 Å². The fraction of sp³-hybridized carbons (Fsp3) is 0.538. The van der Waals surface area contributed by atoms with Crippen molar-refractivity contribution in [2.75, 3.05) is 19.5 Å². The van der Waals surface area contributed by atoms with Gasteiger partial charge < -0.3 is 4.90 Å². The van der Waals surface area contributed by atoms with Gasteiger partial charge in [-0.25, -0.2) is 8.78 Å². The van der Waals surface area contributed by atoms with Crippen molar-refractivity contribution in [2.24, 2.45) is 0 Å². The van der Waals surface area contributed by atoms with Gasteiger partial charge in [0.25, 0.3) is 0 Å². The van der Waals surface area contributed by atoms with Crippen LogP contribution in [0.2, 0.25) is 0 Å². The summed E-state index contributed by atoms with van der Waals surface area (Å²) in [6.07, 6.45) is 3.01. The first kappa shape index (κ1) is 15.9. The number of hydrogen-bond acceptors (Lipinski definition) is 1. The molecule has 5 heteroatoms. The van der Waals surface area contributed by atoms with Crippen LogP contribution in [0, 0.1) is 11.6 Å². The number of nitrogens with zero attached hydrogens (tertiary/aromatic N) is 1. The second kappa shape index (κ2) is 8.08. The Labute approximate surface area is 120 Å². The molecular formula is C13H17BrClF2N. The Morgan fingerprint density at radius 3 is 2.61 bits per heavy atom. The van der Waals surface area contributed by atoms with Crippen LogP contribution in [0.4, 0.5) is 8.78 Å². The largest absolute Gasteiger partial charge is 0.302 e. The topological polar surface area (TPSA) is 3.24 Å². The molecule has 0 aromatic heterocycles. The predicted molar refractivity (Wildman–Crippen MR) is 75.0 cm³/mol. The fourth-order valence-corrected chi connectivity index (χ4v) is 2.28. The summed E-state index contributed by atoms with van der Waals surface area (Å²) in [7, 11) is 1.86. The summed E-state index contributed by atoms with van der Waals surface area (Å²) in [5.41, 5.74) is 0.115. The zero-order valence-corrected chi connectivity index (χ0v) is 12.7. The SMILES string of the molecule is CN(CCCCCCl)Cc1c(F)ccc(Br)c1F. The van der Waals surface area contributed by atoms with Crippen LogP contribution in [0.25, 0.3) is 0 Å². The van der Waals surface area contributed by atoms with Gasteiger partial charge in [0.15, 0.2) is 0 Å². The van der Waals surface area contributed by atoms with Gasteiger partial charge in [0.2, 0.25) is 0 Å². The van der Waals surface area contributed by atoms with E-state index in [9.17, 15) is 8.78 Å². The minimum Gasteiger partial charge on any atom is -0.302 e. The third-order valence-corrected chi connectivity index (χ3v) is 3.62. The summed E-state index contributed by atoms with van der Waals surface area (Å²) in [6.45, 7) is 1.08. The molecule has 0 fully saturated rings. The van der Waals surface area contributed by atoms with Crippen LogP contribution in [0.1, 0.15) is 24.8 Å². The highest BCUT2D eigenvalue weighted by atomic mass is 79.9. The molecule has 0 aliphatic carbocycles. The number of alkyl halides is 1. The van der Waals surface area contributed by atoms with Crippen LogP contribution in [-0.2, 0) is 6.54 Å². The van der Waals surface area contributed by atoms with Crippen molar-refractivity contribution in [3.05, 3.63) is 33.8 Å². The van der Waals surface area contributed by atoms with Gasteiger partial charge in [0.1, 0.15) is 11.6 Å². The summed E-state index contributed by atoms with van der Waals surface area (Å²) in [5, 5.41) is 0. The van der Waals surface area contributed by atoms with E-state index in [0.29, 0.717) is 10.4 Å². The maximum absolute atomic E-state index is 13.7. The van der Waals surface area contributed by atoms with Gasteiger partial charge in [-0.2, -0.15) is 0 Å². The molecule has 102 valence electrons. The normalized spacial score (nSPS) is 11.2. The Bertz CT molecular complexity index is 387. The van der Waals surface area contributed by atoms with Crippen molar-refractivity contribution >= 4 is 27.5 Å². The van der Waals surface area contributed by atoms with Gasteiger partial charge in [-0.1, -0.05) is 6.42 Å². The summed E-state index contributed by atoms with van der Waals surface area (Å²) < 4.78 is 27.6. The van der Waals surface area contributed by atoms with Crippen molar-refractivity contribution < 1.29 is 8.78 Å². The Hall–Kier alpha value is -0.190. The lowest BCUT2D eigenvalue weighted by Crippen LogP contribution is -2.20. The van der Waals surface area contributed by atoms with Crippen LogP contribution in [0.5, 0.6) is 0 Å². The van der Waals surface area contributed by atoms with Crippen molar-refractivity contribution in [1.82, 2.24) is 4.90 Å². The Kier molecular flexibility index (Phi) is 7.12. The van der Waals surface area contributed by atoms with E-state index in [1.54, 1.807) is 0 Å². The number of halogens is 4. The van der Waals surface area contributed by atoms with Gasteiger partial charge >= 0.3 is 0 Å². The molecule has 0 saturated heterocycles. The number of rotatable bonds is 7. The van der Waals surface area contributed by atoms with E-state index in [-0.39, 0.29) is 12.1 Å². The van der Waals surface area contributed by atoms with Crippen LogP contribution in [-0.4, -0.2) is 24.4 Å². The van der Waals surface area contributed by atoms with Crippen LogP contribution < -0.4 is 0 Å². The van der Waals surface area contributed by atoms with E-state index in [0.717, 1.165) is 25.8 Å². The molecule has 1 rings (SSSR count). The fourth-order valence-electron chi connectivity index (χ4n) is 1.72. The number of hydrogen-bond donors (Lipinski definition) is 0. The van der Waals surface area contributed by atoms with Crippen LogP contribution >= 0.6 is 27.5 Å². The lowest BCUT2D eigenvalue weighted by atomic mass is 10.1. The van der Waals surface area contributed by atoms with E-state index in [4.69, 9.17) is 11.6 Å². The monoisotopic (exact) mass is 339 g/mol. The lowest BCUT2D eigenvalue weighted by molar-refractivity contribution is 0.307. The summed E-state index contributed by atoms with van der Waals surface area (Å²) in [6, 6.07) is 2.67. The zero-order valence-electron chi connectivity index (χ0n) is 10.4. The molecule has 0 N–H and O–H groups in total. The highest BCUT2D eigenvalue weighted by Crippen LogP contribution is 2.22. The second-order valence-electron chi connectivity index (χ2n) is 4.31. The number of unbranched alkanes of at least 4 members (excludes halogenated alkanes) is 2. The average molecular weight is 341 g/mol. The van der Waals surface area contributed by atoms with E-state index < -0.39 is 11.6 Å². The van der Waals surface area contributed by atoms with Crippen molar-refractivity contribution in [1.29, 1.82) is 0 Å². The molecule has 0 aliphatic rings.